The number of rotatable bonds is 2. The minimum Gasteiger partial charge on any atom is -0.308 e. The molecule has 0 saturated carbocycles. The molecule has 0 fully saturated rings. The van der Waals surface area contributed by atoms with Gasteiger partial charge in [0.1, 0.15) is 0 Å². The first-order valence-electron chi connectivity index (χ1n) is 8.95. The smallest absolute Gasteiger partial charge is 0.259 e. The van der Waals surface area contributed by atoms with Crippen LogP contribution in [0.1, 0.15) is 46.6 Å². The summed E-state index contributed by atoms with van der Waals surface area (Å²) < 4.78 is 1.79. The molecule has 26 heavy (non-hydrogen) atoms. The van der Waals surface area contributed by atoms with E-state index in [0.717, 1.165) is 35.9 Å². The van der Waals surface area contributed by atoms with E-state index >= 15 is 0 Å². The quantitative estimate of drug-likeness (QED) is 0.704. The molecule has 0 aliphatic carbocycles. The average Bonchev–Trinajstić information content (AvgIpc) is 3.00. The van der Waals surface area contributed by atoms with Gasteiger partial charge in [0, 0.05) is 24.1 Å². The third-order valence-electron chi connectivity index (χ3n) is 5.01. The minimum absolute atomic E-state index is 0.00299. The number of aryl methyl sites for hydroxylation is 2. The van der Waals surface area contributed by atoms with Crippen molar-refractivity contribution in [2.75, 3.05) is 11.4 Å². The molecule has 3 aromatic rings. The van der Waals surface area contributed by atoms with Crippen molar-refractivity contribution in [2.24, 2.45) is 0 Å². The van der Waals surface area contributed by atoms with Crippen molar-refractivity contribution in [2.45, 2.75) is 33.1 Å². The van der Waals surface area contributed by atoms with Gasteiger partial charge in [0.25, 0.3) is 5.91 Å². The van der Waals surface area contributed by atoms with Crippen LogP contribution in [0.25, 0.3) is 5.82 Å². The van der Waals surface area contributed by atoms with Crippen LogP contribution >= 0.6 is 0 Å². The number of carbonyl (C=O) groups is 1. The van der Waals surface area contributed by atoms with Crippen LogP contribution in [0.2, 0.25) is 0 Å². The molecule has 3 heterocycles. The highest BCUT2D eigenvalue weighted by atomic mass is 16.2. The predicted octanol–water partition coefficient (Wildman–Crippen LogP) is 4.04. The third kappa shape index (κ3) is 2.79. The predicted molar refractivity (Wildman–Crippen MR) is 102 cm³/mol. The third-order valence-corrected chi connectivity index (χ3v) is 5.01. The Hall–Kier alpha value is -2.95. The summed E-state index contributed by atoms with van der Waals surface area (Å²) in [5.74, 6) is 1.19. The molecule has 0 saturated heterocycles. The molecule has 5 nitrogen and oxygen atoms in total. The van der Waals surface area contributed by atoms with Crippen LogP contribution in [0.15, 0.2) is 48.7 Å². The highest BCUT2D eigenvalue weighted by Gasteiger charge is 2.27. The molecule has 2 aromatic heterocycles. The van der Waals surface area contributed by atoms with E-state index in [0.29, 0.717) is 11.5 Å². The fourth-order valence-corrected chi connectivity index (χ4v) is 3.61. The molecule has 0 radical (unpaired) electrons. The van der Waals surface area contributed by atoms with Gasteiger partial charge in [-0.05, 0) is 56.0 Å². The summed E-state index contributed by atoms with van der Waals surface area (Å²) in [4.78, 5) is 19.4. The van der Waals surface area contributed by atoms with Crippen LogP contribution in [0.4, 0.5) is 5.69 Å². The average molecular weight is 346 g/mol. The lowest BCUT2D eigenvalue weighted by Crippen LogP contribution is -2.36. The van der Waals surface area contributed by atoms with E-state index in [9.17, 15) is 4.79 Å². The topological polar surface area (TPSA) is 51.0 Å². The molecule has 4 rings (SSSR count). The molecule has 0 unspecified atom stereocenters. The van der Waals surface area contributed by atoms with E-state index in [4.69, 9.17) is 0 Å². The van der Waals surface area contributed by atoms with Crippen molar-refractivity contribution < 1.29 is 4.79 Å². The number of pyridine rings is 1. The van der Waals surface area contributed by atoms with Gasteiger partial charge < -0.3 is 4.90 Å². The number of aromatic nitrogens is 3. The monoisotopic (exact) mass is 346 g/mol. The zero-order valence-corrected chi connectivity index (χ0v) is 15.3. The number of nitrogens with zero attached hydrogens (tertiary/aromatic N) is 4. The summed E-state index contributed by atoms with van der Waals surface area (Å²) in [6.07, 6.45) is 2.62. The number of fused-ring (bicyclic) bond motifs is 1. The van der Waals surface area contributed by atoms with Crippen molar-refractivity contribution in [3.8, 4) is 5.82 Å². The standard InChI is InChI=1S/C21H22N4O/c1-14-10-11-24(19-7-5-4-6-18(14)19)21(26)17-8-9-20(22-13-17)25-16(3)12-15(2)23-25/h4-9,12-14H,10-11H2,1-3H3/t14-/m1/s1. The molecular weight excluding hydrogens is 324 g/mol. The number of amides is 1. The van der Waals surface area contributed by atoms with Crippen LogP contribution in [-0.2, 0) is 0 Å². The van der Waals surface area contributed by atoms with E-state index < -0.39 is 0 Å². The molecular formula is C21H22N4O. The van der Waals surface area contributed by atoms with Gasteiger partial charge in [0.15, 0.2) is 5.82 Å². The Labute approximate surface area is 153 Å². The summed E-state index contributed by atoms with van der Waals surface area (Å²) in [5, 5.41) is 4.44. The zero-order chi connectivity index (χ0) is 18.3. The van der Waals surface area contributed by atoms with Crippen LogP contribution < -0.4 is 4.90 Å². The van der Waals surface area contributed by atoms with E-state index in [-0.39, 0.29) is 5.91 Å². The zero-order valence-electron chi connectivity index (χ0n) is 15.3. The summed E-state index contributed by atoms with van der Waals surface area (Å²) in [6, 6.07) is 13.9. The minimum atomic E-state index is -0.00299. The van der Waals surface area contributed by atoms with Gasteiger partial charge in [-0.15, -0.1) is 0 Å². The highest BCUT2D eigenvalue weighted by Crippen LogP contribution is 2.35. The number of hydrogen-bond acceptors (Lipinski definition) is 3. The van der Waals surface area contributed by atoms with E-state index in [2.05, 4.69) is 23.1 Å². The Kier molecular flexibility index (Phi) is 4.07. The second kappa shape index (κ2) is 6.41. The van der Waals surface area contributed by atoms with E-state index in [1.807, 2.05) is 55.1 Å². The maximum atomic E-state index is 13.1. The van der Waals surface area contributed by atoms with Gasteiger partial charge >= 0.3 is 0 Å². The van der Waals surface area contributed by atoms with E-state index in [1.54, 1.807) is 10.9 Å². The molecule has 0 N–H and O–H groups in total. The summed E-state index contributed by atoms with van der Waals surface area (Å²) in [5.41, 5.74) is 4.81. The first-order valence-corrected chi connectivity index (χ1v) is 8.95. The largest absolute Gasteiger partial charge is 0.308 e. The van der Waals surface area contributed by atoms with Gasteiger partial charge in [-0.2, -0.15) is 5.10 Å². The molecule has 132 valence electrons. The fourth-order valence-electron chi connectivity index (χ4n) is 3.61. The lowest BCUT2D eigenvalue weighted by molar-refractivity contribution is 0.0984. The molecule has 1 aliphatic heterocycles. The van der Waals surface area contributed by atoms with Gasteiger partial charge in [-0.1, -0.05) is 25.1 Å². The number of para-hydroxylation sites is 1. The van der Waals surface area contributed by atoms with Crippen LogP contribution in [0.5, 0.6) is 0 Å². The molecule has 5 heteroatoms. The SMILES string of the molecule is Cc1cc(C)n(-c2ccc(C(=O)N3CC[C@@H](C)c4ccccc43)cn2)n1. The van der Waals surface area contributed by atoms with Crippen molar-refractivity contribution in [3.63, 3.8) is 0 Å². The van der Waals surface area contributed by atoms with Crippen molar-refractivity contribution in [1.82, 2.24) is 14.8 Å². The van der Waals surface area contributed by atoms with Gasteiger partial charge in [-0.25, -0.2) is 9.67 Å². The summed E-state index contributed by atoms with van der Waals surface area (Å²) in [7, 11) is 0. The molecule has 0 spiro atoms. The first-order chi connectivity index (χ1) is 12.5. The van der Waals surface area contributed by atoms with Crippen LogP contribution in [-0.4, -0.2) is 27.2 Å². The Bertz CT molecular complexity index is 958. The summed E-state index contributed by atoms with van der Waals surface area (Å²) >= 11 is 0. The second-order valence-electron chi connectivity index (χ2n) is 6.95. The van der Waals surface area contributed by atoms with Crippen LogP contribution in [0.3, 0.4) is 0 Å². The Balaban J connectivity index is 1.63. The molecule has 1 amide bonds. The van der Waals surface area contributed by atoms with Crippen molar-refractivity contribution in [3.05, 3.63) is 71.2 Å². The van der Waals surface area contributed by atoms with E-state index in [1.165, 1.54) is 5.56 Å². The number of hydrogen-bond donors (Lipinski definition) is 0. The lowest BCUT2D eigenvalue weighted by atomic mass is 9.91. The Morgan fingerprint density at radius 2 is 1.96 bits per heavy atom. The van der Waals surface area contributed by atoms with Gasteiger partial charge in [-0.3, -0.25) is 4.79 Å². The molecule has 1 atom stereocenters. The molecule has 0 bridgehead atoms. The number of benzene rings is 1. The maximum Gasteiger partial charge on any atom is 0.259 e. The number of anilines is 1. The highest BCUT2D eigenvalue weighted by molar-refractivity contribution is 6.06. The molecule has 1 aliphatic rings. The second-order valence-corrected chi connectivity index (χ2v) is 6.95. The fraction of sp³-hybridized carbons (Fsp3) is 0.286. The van der Waals surface area contributed by atoms with Crippen molar-refractivity contribution in [1.29, 1.82) is 0 Å². The maximum absolute atomic E-state index is 13.1. The van der Waals surface area contributed by atoms with Crippen LogP contribution in [0, 0.1) is 13.8 Å². The number of carbonyl (C=O) groups excluding carboxylic acids is 1. The Morgan fingerprint density at radius 1 is 1.15 bits per heavy atom. The van der Waals surface area contributed by atoms with Gasteiger partial charge in [0.2, 0.25) is 0 Å². The van der Waals surface area contributed by atoms with Crippen molar-refractivity contribution >= 4 is 11.6 Å². The normalized spacial score (nSPS) is 16.4. The molecule has 1 aromatic carbocycles. The lowest BCUT2D eigenvalue weighted by Gasteiger charge is -2.33. The van der Waals surface area contributed by atoms with Gasteiger partial charge in [0.05, 0.1) is 11.3 Å². The Morgan fingerprint density at radius 3 is 2.65 bits per heavy atom. The first kappa shape index (κ1) is 16.5. The summed E-state index contributed by atoms with van der Waals surface area (Å²) in [6.45, 7) is 6.89.